The lowest BCUT2D eigenvalue weighted by molar-refractivity contribution is -0.126. The highest BCUT2D eigenvalue weighted by Gasteiger charge is 2.21. The molecule has 0 aliphatic heterocycles. The molecule has 1 heterocycles. The van der Waals surface area contributed by atoms with Crippen LogP contribution in [0.25, 0.3) is 0 Å². The van der Waals surface area contributed by atoms with Gasteiger partial charge in [-0.25, -0.2) is 0 Å². The third-order valence-electron chi connectivity index (χ3n) is 3.02. The highest BCUT2D eigenvalue weighted by Crippen LogP contribution is 2.23. The molecule has 5 heteroatoms. The second-order valence-electron chi connectivity index (χ2n) is 4.26. The summed E-state index contributed by atoms with van der Waals surface area (Å²) in [4.78, 5) is 23.9. The number of carbonyl (C=O) groups excluding carboxylic acids is 2. The fraction of sp³-hybridized carbons (Fsp3) is 0.500. The van der Waals surface area contributed by atoms with Crippen LogP contribution < -0.4 is 10.9 Å². The van der Waals surface area contributed by atoms with Gasteiger partial charge < -0.3 is 0 Å². The molecule has 1 fully saturated rings. The maximum absolute atomic E-state index is 11.7. The van der Waals surface area contributed by atoms with E-state index in [1.165, 1.54) is 17.8 Å². The molecular formula is C12H16N2O2S. The Kier molecular flexibility index (Phi) is 4.14. The summed E-state index contributed by atoms with van der Waals surface area (Å²) in [5.74, 6) is -0.244. The van der Waals surface area contributed by atoms with Crippen LogP contribution in [0.4, 0.5) is 0 Å². The molecule has 4 nitrogen and oxygen atoms in total. The van der Waals surface area contributed by atoms with Gasteiger partial charge in [-0.1, -0.05) is 25.3 Å². The summed E-state index contributed by atoms with van der Waals surface area (Å²) < 4.78 is 0. The molecule has 0 spiro atoms. The molecule has 0 radical (unpaired) electrons. The zero-order chi connectivity index (χ0) is 12.1. The van der Waals surface area contributed by atoms with Crippen LogP contribution >= 0.6 is 11.3 Å². The van der Waals surface area contributed by atoms with Gasteiger partial charge in [-0.15, -0.1) is 11.3 Å². The smallest absolute Gasteiger partial charge is 0.273 e. The Morgan fingerprint density at radius 3 is 2.59 bits per heavy atom. The van der Waals surface area contributed by atoms with Crippen LogP contribution in [0.5, 0.6) is 0 Å². The summed E-state index contributed by atoms with van der Waals surface area (Å²) >= 11 is 1.35. The van der Waals surface area contributed by atoms with Gasteiger partial charge >= 0.3 is 0 Å². The molecule has 0 atom stereocenters. The molecule has 1 aromatic heterocycles. The molecule has 1 aliphatic rings. The largest absolute Gasteiger partial charge is 0.279 e. The van der Waals surface area contributed by atoms with Crippen molar-refractivity contribution in [3.8, 4) is 0 Å². The van der Waals surface area contributed by atoms with E-state index in [0.717, 1.165) is 25.7 Å². The van der Waals surface area contributed by atoms with Crippen LogP contribution in [0.3, 0.4) is 0 Å². The van der Waals surface area contributed by atoms with Crippen LogP contribution in [0.2, 0.25) is 0 Å². The molecule has 0 aromatic carbocycles. The first-order valence-corrected chi connectivity index (χ1v) is 6.79. The Bertz CT molecular complexity index is 383. The van der Waals surface area contributed by atoms with Crippen molar-refractivity contribution in [1.82, 2.24) is 10.9 Å². The van der Waals surface area contributed by atoms with E-state index < -0.39 is 0 Å². The Morgan fingerprint density at radius 2 is 1.94 bits per heavy atom. The van der Waals surface area contributed by atoms with Gasteiger partial charge in [-0.05, 0) is 24.3 Å². The van der Waals surface area contributed by atoms with Crippen molar-refractivity contribution in [3.63, 3.8) is 0 Å². The number of hydrogen-bond donors (Lipinski definition) is 2. The fourth-order valence-electron chi connectivity index (χ4n) is 2.05. The van der Waals surface area contributed by atoms with E-state index in [1.54, 1.807) is 6.07 Å². The first kappa shape index (κ1) is 12.1. The molecule has 0 bridgehead atoms. The van der Waals surface area contributed by atoms with E-state index in [9.17, 15) is 9.59 Å². The van der Waals surface area contributed by atoms with E-state index in [1.807, 2.05) is 11.4 Å². The van der Waals surface area contributed by atoms with Crippen LogP contribution in [0, 0.1) is 5.92 Å². The Balaban J connectivity index is 1.77. The van der Waals surface area contributed by atoms with Crippen molar-refractivity contribution < 1.29 is 9.59 Å². The van der Waals surface area contributed by atoms with Crippen molar-refractivity contribution >= 4 is 23.2 Å². The summed E-state index contributed by atoms with van der Waals surface area (Å²) in [6, 6.07) is 3.54. The second kappa shape index (κ2) is 5.82. The standard InChI is InChI=1S/C12H16N2O2S/c15-11(9-5-2-1-3-6-9)13-14-12(16)10-7-4-8-17-10/h4,7-9H,1-3,5-6H2,(H,13,15)(H,14,16). The van der Waals surface area contributed by atoms with E-state index in [2.05, 4.69) is 10.9 Å². The van der Waals surface area contributed by atoms with E-state index in [4.69, 9.17) is 0 Å². The van der Waals surface area contributed by atoms with Gasteiger partial charge in [0.05, 0.1) is 4.88 Å². The quantitative estimate of drug-likeness (QED) is 0.792. The molecular weight excluding hydrogens is 236 g/mol. The molecule has 1 aliphatic carbocycles. The van der Waals surface area contributed by atoms with E-state index in [-0.39, 0.29) is 17.7 Å². The Hall–Kier alpha value is -1.36. The highest BCUT2D eigenvalue weighted by molar-refractivity contribution is 7.12. The zero-order valence-electron chi connectivity index (χ0n) is 9.57. The van der Waals surface area contributed by atoms with Crippen molar-refractivity contribution in [3.05, 3.63) is 22.4 Å². The van der Waals surface area contributed by atoms with Crippen molar-refractivity contribution in [1.29, 1.82) is 0 Å². The Labute approximate surface area is 104 Å². The average molecular weight is 252 g/mol. The molecule has 0 saturated heterocycles. The summed E-state index contributed by atoms with van der Waals surface area (Å²) in [6.07, 6.45) is 5.29. The lowest BCUT2D eigenvalue weighted by Crippen LogP contribution is -2.44. The first-order chi connectivity index (χ1) is 8.27. The van der Waals surface area contributed by atoms with Crippen LogP contribution in [0.15, 0.2) is 17.5 Å². The third kappa shape index (κ3) is 3.30. The molecule has 1 aromatic rings. The minimum Gasteiger partial charge on any atom is -0.273 e. The molecule has 17 heavy (non-hydrogen) atoms. The molecule has 2 N–H and O–H groups in total. The van der Waals surface area contributed by atoms with Crippen molar-refractivity contribution in [2.24, 2.45) is 5.92 Å². The molecule has 92 valence electrons. The zero-order valence-corrected chi connectivity index (χ0v) is 10.4. The first-order valence-electron chi connectivity index (χ1n) is 5.91. The maximum Gasteiger partial charge on any atom is 0.279 e. The van der Waals surface area contributed by atoms with Crippen LogP contribution in [0.1, 0.15) is 41.8 Å². The van der Waals surface area contributed by atoms with Crippen LogP contribution in [-0.2, 0) is 4.79 Å². The second-order valence-corrected chi connectivity index (χ2v) is 5.20. The normalized spacial score (nSPS) is 16.5. The predicted octanol–water partition coefficient (Wildman–Crippen LogP) is 2.09. The SMILES string of the molecule is O=C(NNC(=O)C1CCCCC1)c1cccs1. The number of carbonyl (C=O) groups is 2. The number of thiophene rings is 1. The van der Waals surface area contributed by atoms with E-state index >= 15 is 0 Å². The Morgan fingerprint density at radius 1 is 1.18 bits per heavy atom. The van der Waals surface area contributed by atoms with Crippen molar-refractivity contribution in [2.45, 2.75) is 32.1 Å². The highest BCUT2D eigenvalue weighted by atomic mass is 32.1. The van der Waals surface area contributed by atoms with E-state index in [0.29, 0.717) is 4.88 Å². The summed E-state index contributed by atoms with van der Waals surface area (Å²) in [5.41, 5.74) is 4.96. The molecule has 0 unspecified atom stereocenters. The number of amides is 2. The van der Waals surface area contributed by atoms with Crippen molar-refractivity contribution in [2.75, 3.05) is 0 Å². The number of hydrazine groups is 1. The third-order valence-corrected chi connectivity index (χ3v) is 3.89. The van der Waals surface area contributed by atoms with Gasteiger partial charge in [0, 0.05) is 5.92 Å². The number of hydrogen-bond acceptors (Lipinski definition) is 3. The van der Waals surface area contributed by atoms with Gasteiger partial charge in [-0.3, -0.25) is 20.4 Å². The number of rotatable bonds is 2. The molecule has 2 rings (SSSR count). The monoisotopic (exact) mass is 252 g/mol. The van der Waals surface area contributed by atoms with Gasteiger partial charge in [0.1, 0.15) is 0 Å². The average Bonchev–Trinajstić information content (AvgIpc) is 2.90. The van der Waals surface area contributed by atoms with Gasteiger partial charge in [-0.2, -0.15) is 0 Å². The molecule has 2 amide bonds. The van der Waals surface area contributed by atoms with Gasteiger partial charge in [0.25, 0.3) is 5.91 Å². The van der Waals surface area contributed by atoms with Gasteiger partial charge in [0.15, 0.2) is 0 Å². The lowest BCUT2D eigenvalue weighted by Gasteiger charge is -2.20. The molecule has 1 saturated carbocycles. The summed E-state index contributed by atoms with van der Waals surface area (Å²) in [7, 11) is 0. The van der Waals surface area contributed by atoms with Gasteiger partial charge in [0.2, 0.25) is 5.91 Å². The lowest BCUT2D eigenvalue weighted by atomic mass is 9.89. The van der Waals surface area contributed by atoms with Crippen LogP contribution in [-0.4, -0.2) is 11.8 Å². The summed E-state index contributed by atoms with van der Waals surface area (Å²) in [5, 5.41) is 1.83. The summed E-state index contributed by atoms with van der Waals surface area (Å²) in [6.45, 7) is 0. The fourth-order valence-corrected chi connectivity index (χ4v) is 2.67. The topological polar surface area (TPSA) is 58.2 Å². The predicted molar refractivity (Wildman–Crippen MR) is 66.5 cm³/mol. The maximum atomic E-state index is 11.7. The number of nitrogens with one attached hydrogen (secondary N) is 2. The minimum absolute atomic E-state index is 0.0605. The minimum atomic E-state index is -0.246.